The summed E-state index contributed by atoms with van der Waals surface area (Å²) in [6, 6.07) is 15.5. The molecule has 2 nitrogen and oxygen atoms in total. The number of halogens is 6. The van der Waals surface area contributed by atoms with Crippen LogP contribution >= 0.6 is 0 Å². The molecule has 0 unspecified atom stereocenters. The van der Waals surface area contributed by atoms with Gasteiger partial charge in [-0.15, -0.1) is 0 Å². The van der Waals surface area contributed by atoms with Crippen molar-refractivity contribution in [3.63, 3.8) is 0 Å². The maximum Gasteiger partial charge on any atom is 0.419 e. The van der Waals surface area contributed by atoms with E-state index in [1.54, 1.807) is 11.1 Å². The molecule has 172 valence electrons. The van der Waals surface area contributed by atoms with Gasteiger partial charge < -0.3 is 10.2 Å². The third kappa shape index (κ3) is 8.42. The van der Waals surface area contributed by atoms with E-state index in [1.165, 1.54) is 49.9 Å². The summed E-state index contributed by atoms with van der Waals surface area (Å²) in [5.74, 6) is -1.47. The van der Waals surface area contributed by atoms with Crippen molar-refractivity contribution >= 4 is 0 Å². The fourth-order valence-corrected chi connectivity index (χ4v) is 3.04. The Morgan fingerprint density at radius 1 is 0.656 bits per heavy atom. The average Bonchev–Trinajstić information content (AvgIpc) is 3.17. The number of alkyl halides is 6. The first kappa shape index (κ1) is 27.9. The van der Waals surface area contributed by atoms with E-state index in [2.05, 4.69) is 18.2 Å². The van der Waals surface area contributed by atoms with E-state index >= 15 is 0 Å². The third-order valence-corrected chi connectivity index (χ3v) is 4.57. The molecule has 0 aromatic heterocycles. The molecule has 0 atom stereocenters. The summed E-state index contributed by atoms with van der Waals surface area (Å²) in [5.41, 5.74) is 1.20. The number of aromatic hydroxyl groups is 2. The summed E-state index contributed by atoms with van der Waals surface area (Å²) in [7, 11) is 0. The van der Waals surface area contributed by atoms with Gasteiger partial charge in [-0.25, -0.2) is 6.07 Å². The predicted molar refractivity (Wildman–Crippen MR) is 105 cm³/mol. The Morgan fingerprint density at radius 2 is 1.09 bits per heavy atom. The minimum atomic E-state index is -4.47. The molecule has 32 heavy (non-hydrogen) atoms. The van der Waals surface area contributed by atoms with Crippen LogP contribution in [0.4, 0.5) is 26.3 Å². The summed E-state index contributed by atoms with van der Waals surface area (Å²) in [4.78, 5) is 0. The molecular weight excluding hydrogens is 513 g/mol. The molecule has 0 spiro atoms. The van der Waals surface area contributed by atoms with Gasteiger partial charge in [-0.2, -0.15) is 49.6 Å². The molecule has 0 radical (unpaired) electrons. The quantitative estimate of drug-likeness (QED) is 0.239. The summed E-state index contributed by atoms with van der Waals surface area (Å²) in [5, 5.41) is 17.5. The summed E-state index contributed by atoms with van der Waals surface area (Å²) >= 11 is 0. The number of phenolic OH excluding ortho intramolecular Hbond substituents is 2. The summed E-state index contributed by atoms with van der Waals surface area (Å²) in [6.07, 6.45) is -3.49. The van der Waals surface area contributed by atoms with E-state index in [4.69, 9.17) is 10.2 Å². The zero-order valence-corrected chi connectivity index (χ0v) is 19.3. The van der Waals surface area contributed by atoms with Gasteiger partial charge in [0.15, 0.2) is 0 Å². The molecule has 9 heteroatoms. The number of hydrogen-bond donors (Lipinski definition) is 2. The van der Waals surface area contributed by atoms with Crippen LogP contribution in [0, 0.1) is 0 Å². The van der Waals surface area contributed by atoms with E-state index in [0.717, 1.165) is 24.3 Å². The first-order chi connectivity index (χ1) is 14.5. The first-order valence-corrected chi connectivity index (χ1v) is 9.44. The smallest absolute Gasteiger partial charge is 0.419 e. The second kappa shape index (κ2) is 12.2. The molecule has 0 bridgehead atoms. The molecule has 0 amide bonds. The second-order valence-electron chi connectivity index (χ2n) is 6.81. The number of para-hydroxylation sites is 2. The van der Waals surface area contributed by atoms with Crippen LogP contribution in [0.25, 0.3) is 0 Å². The van der Waals surface area contributed by atoms with Gasteiger partial charge in [0.05, 0.1) is 11.1 Å². The first-order valence-electron chi connectivity index (χ1n) is 9.44. The Kier molecular flexibility index (Phi) is 10.6. The molecule has 3 aromatic carbocycles. The molecule has 0 heterocycles. The van der Waals surface area contributed by atoms with Gasteiger partial charge in [0.25, 0.3) is 0 Å². The van der Waals surface area contributed by atoms with Crippen molar-refractivity contribution in [2.45, 2.75) is 38.0 Å². The fourth-order valence-electron chi connectivity index (χ4n) is 3.04. The van der Waals surface area contributed by atoms with E-state index in [-0.39, 0.29) is 26.2 Å². The van der Waals surface area contributed by atoms with E-state index in [0.29, 0.717) is 0 Å². The van der Waals surface area contributed by atoms with Crippen LogP contribution in [0.3, 0.4) is 0 Å². The zero-order valence-electron chi connectivity index (χ0n) is 16.8. The maximum absolute atomic E-state index is 11.9. The van der Waals surface area contributed by atoms with Crippen molar-refractivity contribution in [2.75, 3.05) is 0 Å². The topological polar surface area (TPSA) is 40.5 Å². The Hall–Kier alpha value is -2.15. The van der Waals surface area contributed by atoms with Crippen molar-refractivity contribution in [1.82, 2.24) is 0 Å². The minimum absolute atomic E-state index is 0. The van der Waals surface area contributed by atoms with Crippen molar-refractivity contribution in [3.8, 4) is 11.5 Å². The Balaban J connectivity index is 0.000000237. The molecule has 1 aliphatic rings. The molecule has 3 aromatic rings. The Morgan fingerprint density at radius 3 is 1.47 bits per heavy atom. The number of rotatable bonds is 0. The molecule has 2 N–H and O–H groups in total. The van der Waals surface area contributed by atoms with Crippen molar-refractivity contribution < 1.29 is 62.8 Å². The van der Waals surface area contributed by atoms with Crippen molar-refractivity contribution in [1.29, 1.82) is 0 Å². The van der Waals surface area contributed by atoms with Crippen LogP contribution in [-0.4, -0.2) is 10.2 Å². The average molecular weight is 535 g/mol. The van der Waals surface area contributed by atoms with E-state index in [1.807, 2.05) is 0 Å². The van der Waals surface area contributed by atoms with Crippen LogP contribution in [0.2, 0.25) is 0 Å². The van der Waals surface area contributed by atoms with Gasteiger partial charge in [-0.05, 0) is 24.3 Å². The Labute approximate surface area is 201 Å². The van der Waals surface area contributed by atoms with Crippen molar-refractivity contribution in [2.24, 2.45) is 0 Å². The van der Waals surface area contributed by atoms with Crippen LogP contribution in [-0.2, 0) is 51.4 Å². The maximum atomic E-state index is 11.9. The van der Waals surface area contributed by atoms with Gasteiger partial charge in [-0.1, -0.05) is 49.9 Å². The zero-order chi connectivity index (χ0) is 23.1. The number of aryl methyl sites for hydroxylation is 2. The molecule has 0 fully saturated rings. The summed E-state index contributed by atoms with van der Waals surface area (Å²) < 4.78 is 71.3. The number of hydrogen-bond acceptors (Lipinski definition) is 2. The predicted octanol–water partition coefficient (Wildman–Crippen LogP) is 7.10. The van der Waals surface area contributed by atoms with Gasteiger partial charge in [-0.3, -0.25) is 0 Å². The normalized spacial score (nSPS) is 12.8. The van der Waals surface area contributed by atoms with Gasteiger partial charge in [0.1, 0.15) is 11.5 Å². The third-order valence-electron chi connectivity index (χ3n) is 4.57. The fraction of sp³-hybridized carbons (Fsp3) is 0.261. The van der Waals surface area contributed by atoms with E-state index < -0.39 is 35.0 Å². The van der Waals surface area contributed by atoms with E-state index in [9.17, 15) is 26.3 Å². The summed E-state index contributed by atoms with van der Waals surface area (Å²) in [6.45, 7) is 0. The molecule has 0 saturated carbocycles. The molecule has 0 aliphatic heterocycles. The van der Waals surface area contributed by atoms with Gasteiger partial charge >= 0.3 is 12.4 Å². The number of fused-ring (bicyclic) bond motifs is 1. The van der Waals surface area contributed by atoms with Crippen molar-refractivity contribution in [3.05, 3.63) is 89.0 Å². The SMILES string of the molecule is Oc1ccccc1C(F)(F)F.Oc1ccccc1C(F)(F)F.[Zr].c1cc2c([cH-]1)CCCC2. The van der Waals surface area contributed by atoms with Crippen LogP contribution < -0.4 is 0 Å². The molecule has 4 rings (SSSR count). The molecule has 1 aliphatic carbocycles. The monoisotopic (exact) mass is 533 g/mol. The number of benzene rings is 2. The van der Waals surface area contributed by atoms with Gasteiger partial charge in [0.2, 0.25) is 0 Å². The Bertz CT molecular complexity index is 887. The molecular formula is C23H21F6O2Zr-. The minimum Gasteiger partial charge on any atom is -0.507 e. The van der Waals surface area contributed by atoms with Crippen LogP contribution in [0.15, 0.2) is 66.7 Å². The van der Waals surface area contributed by atoms with Gasteiger partial charge in [0, 0.05) is 26.2 Å². The largest absolute Gasteiger partial charge is 0.507 e. The van der Waals surface area contributed by atoms with Crippen LogP contribution in [0.1, 0.15) is 35.1 Å². The second-order valence-corrected chi connectivity index (χ2v) is 6.81. The molecule has 0 saturated heterocycles. The number of phenols is 2. The standard InChI is InChI=1S/C9H11.2C7H5F3O.Zr/c1-2-5-9-7-3-6-8(9)4-1;2*8-7(9,10)5-3-1-2-4-6(5)11;/h3,6-7H,1-2,4-5H2;2*1-4,11H;/q-1;;;. The van der Waals surface area contributed by atoms with Crippen LogP contribution in [0.5, 0.6) is 11.5 Å².